The Balaban J connectivity index is 1.59. The van der Waals surface area contributed by atoms with Gasteiger partial charge >= 0.3 is 0 Å². The van der Waals surface area contributed by atoms with Crippen LogP contribution in [0.4, 0.5) is 5.69 Å². The Hall–Kier alpha value is -2.78. The lowest BCUT2D eigenvalue weighted by Gasteiger charge is -2.13. The fourth-order valence-electron chi connectivity index (χ4n) is 3.50. The molecule has 1 aliphatic heterocycles. The molecule has 34 heavy (non-hydrogen) atoms. The maximum absolute atomic E-state index is 13.1. The van der Waals surface area contributed by atoms with Crippen molar-refractivity contribution in [3.8, 4) is 11.5 Å². The second kappa shape index (κ2) is 9.84. The van der Waals surface area contributed by atoms with Gasteiger partial charge in [-0.3, -0.25) is 9.48 Å². The Labute approximate surface area is 216 Å². The van der Waals surface area contributed by atoms with E-state index < -0.39 is 0 Å². The third kappa shape index (κ3) is 4.86. The lowest BCUT2D eigenvalue weighted by Crippen LogP contribution is -2.30. The van der Waals surface area contributed by atoms with Gasteiger partial charge in [-0.25, -0.2) is 4.90 Å². The van der Waals surface area contributed by atoms with Gasteiger partial charge in [-0.1, -0.05) is 40.9 Å². The van der Waals surface area contributed by atoms with Crippen molar-refractivity contribution in [1.29, 1.82) is 0 Å². The van der Waals surface area contributed by atoms with Crippen molar-refractivity contribution < 1.29 is 14.3 Å². The minimum atomic E-state index is -0.266. The lowest BCUT2D eigenvalue weighted by atomic mass is 10.1. The van der Waals surface area contributed by atoms with Crippen LogP contribution in [0.3, 0.4) is 0 Å². The molecule has 0 aliphatic carbocycles. The van der Waals surface area contributed by atoms with Crippen LogP contribution >= 0.6 is 47.0 Å². The summed E-state index contributed by atoms with van der Waals surface area (Å²) in [6.07, 6.45) is 3.47. The summed E-state index contributed by atoms with van der Waals surface area (Å²) >= 11 is 23.7. The largest absolute Gasteiger partial charge is 0.496 e. The van der Waals surface area contributed by atoms with Gasteiger partial charge in [-0.05, 0) is 49.0 Å². The van der Waals surface area contributed by atoms with E-state index in [0.717, 1.165) is 11.1 Å². The van der Waals surface area contributed by atoms with Crippen LogP contribution in [0.5, 0.6) is 11.5 Å². The van der Waals surface area contributed by atoms with Crippen molar-refractivity contribution in [3.05, 3.63) is 74.1 Å². The first kappa shape index (κ1) is 24.3. The van der Waals surface area contributed by atoms with Crippen LogP contribution in [-0.4, -0.2) is 27.9 Å². The second-order valence-electron chi connectivity index (χ2n) is 7.46. The molecule has 7 nitrogen and oxygen atoms in total. The van der Waals surface area contributed by atoms with Crippen LogP contribution in [-0.2, 0) is 18.4 Å². The van der Waals surface area contributed by atoms with Crippen molar-refractivity contribution in [3.63, 3.8) is 0 Å². The van der Waals surface area contributed by atoms with E-state index in [0.29, 0.717) is 48.8 Å². The number of anilines is 1. The Morgan fingerprint density at radius 1 is 1.12 bits per heavy atom. The van der Waals surface area contributed by atoms with Crippen LogP contribution in [0.25, 0.3) is 6.08 Å². The average molecular weight is 538 g/mol. The maximum atomic E-state index is 13.1. The number of carbonyl (C=O) groups is 1. The van der Waals surface area contributed by atoms with Gasteiger partial charge in [0.15, 0.2) is 5.11 Å². The van der Waals surface area contributed by atoms with Gasteiger partial charge in [0.2, 0.25) is 0 Å². The molecule has 0 spiro atoms. The summed E-state index contributed by atoms with van der Waals surface area (Å²) in [7, 11) is 3.36. The quantitative estimate of drug-likeness (QED) is 0.253. The molecule has 4 rings (SSSR count). The van der Waals surface area contributed by atoms with Crippen molar-refractivity contribution in [2.45, 2.75) is 13.5 Å². The summed E-state index contributed by atoms with van der Waals surface area (Å²) in [5, 5.41) is 8.58. The highest BCUT2D eigenvalue weighted by Gasteiger charge is 2.33. The Bertz CT molecular complexity index is 1340. The zero-order valence-corrected chi connectivity index (χ0v) is 21.4. The third-order valence-electron chi connectivity index (χ3n) is 5.08. The molecule has 11 heteroatoms. The van der Waals surface area contributed by atoms with Crippen LogP contribution < -0.4 is 19.7 Å². The summed E-state index contributed by atoms with van der Waals surface area (Å²) < 4.78 is 13.0. The number of benzene rings is 2. The Morgan fingerprint density at radius 2 is 1.85 bits per heavy atom. The van der Waals surface area contributed by atoms with E-state index >= 15 is 0 Å². The first-order valence-electron chi connectivity index (χ1n) is 9.99. The van der Waals surface area contributed by atoms with E-state index in [4.69, 9.17) is 56.5 Å². The van der Waals surface area contributed by atoms with Gasteiger partial charge in [-0.2, -0.15) is 5.10 Å². The van der Waals surface area contributed by atoms with Crippen LogP contribution in [0.2, 0.25) is 15.1 Å². The predicted molar refractivity (Wildman–Crippen MR) is 138 cm³/mol. The number of aryl methyl sites for hydroxylation is 2. The van der Waals surface area contributed by atoms with Gasteiger partial charge in [0, 0.05) is 24.9 Å². The van der Waals surface area contributed by atoms with E-state index in [2.05, 4.69) is 10.4 Å². The molecule has 0 radical (unpaired) electrons. The smallest absolute Gasteiger partial charge is 0.281 e. The number of hydrogen-bond donors (Lipinski definition) is 1. The number of methoxy groups -OCH3 is 1. The van der Waals surface area contributed by atoms with Crippen molar-refractivity contribution in [1.82, 2.24) is 15.1 Å². The van der Waals surface area contributed by atoms with Gasteiger partial charge < -0.3 is 14.8 Å². The summed E-state index contributed by atoms with van der Waals surface area (Å²) in [5.41, 5.74) is 3.18. The highest BCUT2D eigenvalue weighted by Crippen LogP contribution is 2.35. The number of aromatic nitrogens is 2. The number of carbonyl (C=O) groups excluding carboxylic acids is 1. The molecule has 1 amide bonds. The molecule has 0 atom stereocenters. The molecule has 1 N–H and O–H groups in total. The predicted octanol–water partition coefficient (Wildman–Crippen LogP) is 5.54. The standard InChI is InChI=1S/C23H19Cl3N4O3S/c1-12-19(10-29(2)28-12)30-22(31)18(27-23(30)34)7-13-4-5-20(32-3)14(6-13)11-33-21-9-16(25)15(24)8-17(21)26/h4-10H,11H2,1-3H3,(H,27,34)/b18-7+. The molecule has 1 aromatic heterocycles. The summed E-state index contributed by atoms with van der Waals surface area (Å²) in [5.74, 6) is 0.742. The third-order valence-corrected chi connectivity index (χ3v) is 6.38. The number of nitrogens with one attached hydrogen (secondary N) is 1. The van der Waals surface area contributed by atoms with Crippen molar-refractivity contribution >= 4 is 69.8 Å². The molecular weight excluding hydrogens is 519 g/mol. The molecule has 1 fully saturated rings. The first-order valence-corrected chi connectivity index (χ1v) is 11.5. The molecule has 176 valence electrons. The monoisotopic (exact) mass is 536 g/mol. The number of amides is 1. The normalized spacial score (nSPS) is 14.6. The number of thiocarbonyl (C=S) groups is 1. The molecule has 0 saturated carbocycles. The molecule has 2 aromatic carbocycles. The zero-order valence-electron chi connectivity index (χ0n) is 18.4. The zero-order chi connectivity index (χ0) is 24.6. The minimum absolute atomic E-state index is 0.151. The Morgan fingerprint density at radius 3 is 2.53 bits per heavy atom. The summed E-state index contributed by atoms with van der Waals surface area (Å²) in [6, 6.07) is 8.56. The highest BCUT2D eigenvalue weighted by molar-refractivity contribution is 7.80. The van der Waals surface area contributed by atoms with E-state index in [1.54, 1.807) is 43.2 Å². The summed E-state index contributed by atoms with van der Waals surface area (Å²) in [6.45, 7) is 1.97. The van der Waals surface area contributed by atoms with Crippen LogP contribution in [0.1, 0.15) is 16.8 Å². The van der Waals surface area contributed by atoms with Gasteiger partial charge in [0.05, 0.1) is 33.6 Å². The topological polar surface area (TPSA) is 68.6 Å². The van der Waals surface area contributed by atoms with Gasteiger partial charge in [-0.15, -0.1) is 0 Å². The first-order chi connectivity index (χ1) is 16.2. The number of halogens is 3. The van der Waals surface area contributed by atoms with Crippen molar-refractivity contribution in [2.24, 2.45) is 7.05 Å². The number of ether oxygens (including phenoxy) is 2. The fourth-order valence-corrected chi connectivity index (χ4v) is 4.38. The molecule has 2 heterocycles. The van der Waals surface area contributed by atoms with Crippen LogP contribution in [0.15, 0.2) is 42.2 Å². The number of nitrogens with zero attached hydrogens (tertiary/aromatic N) is 3. The molecule has 0 bridgehead atoms. The van der Waals surface area contributed by atoms with E-state index in [-0.39, 0.29) is 12.5 Å². The molecule has 0 unspecified atom stereocenters. The van der Waals surface area contributed by atoms with E-state index in [1.165, 1.54) is 11.0 Å². The average Bonchev–Trinajstić information content (AvgIpc) is 3.25. The highest BCUT2D eigenvalue weighted by atomic mass is 35.5. The van der Waals surface area contributed by atoms with Gasteiger partial charge in [0.25, 0.3) is 5.91 Å². The minimum Gasteiger partial charge on any atom is -0.496 e. The lowest BCUT2D eigenvalue weighted by molar-refractivity contribution is -0.113. The van der Waals surface area contributed by atoms with Crippen molar-refractivity contribution in [2.75, 3.05) is 12.0 Å². The summed E-state index contributed by atoms with van der Waals surface area (Å²) in [4.78, 5) is 14.5. The molecule has 1 aliphatic rings. The van der Waals surface area contributed by atoms with Gasteiger partial charge in [0.1, 0.15) is 23.8 Å². The fraction of sp³-hybridized carbons (Fsp3) is 0.174. The SMILES string of the molecule is COc1ccc(/C=C2/NC(=S)N(c3cn(C)nc3C)C2=O)cc1COc1cc(Cl)c(Cl)cc1Cl. The number of rotatable bonds is 6. The van der Waals surface area contributed by atoms with E-state index in [9.17, 15) is 4.79 Å². The van der Waals surface area contributed by atoms with Crippen LogP contribution in [0, 0.1) is 6.92 Å². The molecular formula is C23H19Cl3N4O3S. The van der Waals surface area contributed by atoms with E-state index in [1.807, 2.05) is 19.1 Å². The second-order valence-corrected chi connectivity index (χ2v) is 9.07. The maximum Gasteiger partial charge on any atom is 0.281 e. The molecule has 3 aromatic rings. The number of hydrogen-bond acceptors (Lipinski definition) is 5. The molecule has 1 saturated heterocycles. The Kier molecular flexibility index (Phi) is 7.04.